The first-order valence-electron chi connectivity index (χ1n) is 8.03. The number of hydrogen-bond acceptors (Lipinski definition) is 2. The van der Waals surface area contributed by atoms with Crippen molar-refractivity contribution < 1.29 is 4.79 Å². The molecule has 3 rings (SSSR count). The molecule has 3 heteroatoms. The third-order valence-electron chi connectivity index (χ3n) is 4.65. The van der Waals surface area contributed by atoms with Gasteiger partial charge in [-0.15, -0.1) is 0 Å². The van der Waals surface area contributed by atoms with Crippen LogP contribution < -0.4 is 5.32 Å². The zero-order valence-electron chi connectivity index (χ0n) is 13.3. The summed E-state index contributed by atoms with van der Waals surface area (Å²) in [5.41, 5.74) is 3.19. The Balaban J connectivity index is 1.75. The van der Waals surface area contributed by atoms with Crippen molar-refractivity contribution >= 4 is 11.6 Å². The molecule has 116 valence electrons. The van der Waals surface area contributed by atoms with E-state index in [0.717, 1.165) is 42.5 Å². The number of benzene rings is 2. The molecule has 0 radical (unpaired) electrons. The van der Waals surface area contributed by atoms with Crippen molar-refractivity contribution in [1.82, 2.24) is 0 Å². The SMILES string of the molecule is Cc1cccc(C(=O)Nc2ccc(C3(C#N)CCCC3)cc2)c1. The molecule has 0 bridgehead atoms. The lowest BCUT2D eigenvalue weighted by Crippen LogP contribution is -2.19. The molecular formula is C20H20N2O. The highest BCUT2D eigenvalue weighted by Crippen LogP contribution is 2.40. The van der Waals surface area contributed by atoms with Crippen molar-refractivity contribution in [3.8, 4) is 6.07 Å². The number of carbonyl (C=O) groups is 1. The minimum atomic E-state index is -0.334. The van der Waals surface area contributed by atoms with E-state index in [2.05, 4.69) is 11.4 Å². The van der Waals surface area contributed by atoms with Crippen molar-refractivity contribution in [1.29, 1.82) is 5.26 Å². The monoisotopic (exact) mass is 304 g/mol. The minimum Gasteiger partial charge on any atom is -0.322 e. The Bertz CT molecular complexity index is 750. The quantitative estimate of drug-likeness (QED) is 0.902. The standard InChI is InChI=1S/C20H20N2O/c1-15-5-4-6-16(13-15)19(23)22-18-9-7-17(8-10-18)20(14-21)11-2-3-12-20/h4-10,13H,2-3,11-12H2,1H3,(H,22,23). The van der Waals surface area contributed by atoms with E-state index in [9.17, 15) is 10.1 Å². The molecule has 0 unspecified atom stereocenters. The van der Waals surface area contributed by atoms with E-state index in [1.807, 2.05) is 49.4 Å². The maximum atomic E-state index is 12.3. The summed E-state index contributed by atoms with van der Waals surface area (Å²) in [7, 11) is 0. The molecule has 2 aromatic carbocycles. The number of anilines is 1. The molecule has 2 aromatic rings. The smallest absolute Gasteiger partial charge is 0.255 e. The van der Waals surface area contributed by atoms with Gasteiger partial charge in [-0.3, -0.25) is 4.79 Å². The second-order valence-electron chi connectivity index (χ2n) is 6.30. The largest absolute Gasteiger partial charge is 0.322 e. The van der Waals surface area contributed by atoms with Crippen LogP contribution in [0.2, 0.25) is 0 Å². The van der Waals surface area contributed by atoms with Gasteiger partial charge in [-0.2, -0.15) is 5.26 Å². The van der Waals surface area contributed by atoms with Gasteiger partial charge in [-0.05, 0) is 49.6 Å². The second kappa shape index (κ2) is 6.26. The molecule has 0 saturated heterocycles. The molecule has 0 aromatic heterocycles. The number of rotatable bonds is 3. The van der Waals surface area contributed by atoms with Crippen LogP contribution in [0.3, 0.4) is 0 Å². The predicted octanol–water partition coefficient (Wildman–Crippen LogP) is 4.58. The summed E-state index contributed by atoms with van der Waals surface area (Å²) in [4.78, 5) is 12.3. The van der Waals surface area contributed by atoms with Crippen LogP contribution in [0.15, 0.2) is 48.5 Å². The zero-order chi connectivity index (χ0) is 16.3. The summed E-state index contributed by atoms with van der Waals surface area (Å²) in [6.45, 7) is 1.97. The Morgan fingerprint density at radius 1 is 1.13 bits per heavy atom. The molecule has 3 nitrogen and oxygen atoms in total. The Hall–Kier alpha value is -2.60. The zero-order valence-corrected chi connectivity index (χ0v) is 13.3. The fraction of sp³-hybridized carbons (Fsp3) is 0.300. The van der Waals surface area contributed by atoms with Crippen LogP contribution >= 0.6 is 0 Å². The minimum absolute atomic E-state index is 0.114. The first-order valence-corrected chi connectivity index (χ1v) is 8.03. The third kappa shape index (κ3) is 3.12. The summed E-state index contributed by atoms with van der Waals surface area (Å²) in [6, 6.07) is 17.7. The Morgan fingerprint density at radius 3 is 2.43 bits per heavy atom. The van der Waals surface area contributed by atoms with Crippen LogP contribution in [0.4, 0.5) is 5.69 Å². The number of hydrogen-bond donors (Lipinski definition) is 1. The van der Waals surface area contributed by atoms with Crippen LogP contribution in [0.5, 0.6) is 0 Å². The van der Waals surface area contributed by atoms with Gasteiger partial charge in [0.15, 0.2) is 0 Å². The first kappa shape index (κ1) is 15.3. The molecule has 1 aliphatic rings. The van der Waals surface area contributed by atoms with Gasteiger partial charge in [0.25, 0.3) is 5.91 Å². The molecule has 1 fully saturated rings. The molecule has 1 saturated carbocycles. The van der Waals surface area contributed by atoms with E-state index >= 15 is 0 Å². The predicted molar refractivity (Wildman–Crippen MR) is 91.3 cm³/mol. The van der Waals surface area contributed by atoms with Crippen molar-refractivity contribution in [3.63, 3.8) is 0 Å². The van der Waals surface area contributed by atoms with Gasteiger partial charge in [0.2, 0.25) is 0 Å². The Morgan fingerprint density at radius 2 is 1.83 bits per heavy atom. The van der Waals surface area contributed by atoms with Gasteiger partial charge >= 0.3 is 0 Å². The molecule has 0 aliphatic heterocycles. The van der Waals surface area contributed by atoms with E-state index in [1.54, 1.807) is 6.07 Å². The number of amides is 1. The maximum absolute atomic E-state index is 12.3. The van der Waals surface area contributed by atoms with Gasteiger partial charge in [0.1, 0.15) is 0 Å². The Kier molecular flexibility index (Phi) is 4.16. The van der Waals surface area contributed by atoms with Gasteiger partial charge in [-0.1, -0.05) is 42.7 Å². The van der Waals surface area contributed by atoms with Gasteiger partial charge in [0, 0.05) is 11.3 Å². The molecule has 0 heterocycles. The lowest BCUT2D eigenvalue weighted by molar-refractivity contribution is 0.102. The molecular weight excluding hydrogens is 284 g/mol. The van der Waals surface area contributed by atoms with Gasteiger partial charge in [0.05, 0.1) is 11.5 Å². The van der Waals surface area contributed by atoms with Crippen LogP contribution in [0.25, 0.3) is 0 Å². The van der Waals surface area contributed by atoms with E-state index in [0.29, 0.717) is 5.56 Å². The fourth-order valence-electron chi connectivity index (χ4n) is 3.31. The molecule has 1 aliphatic carbocycles. The number of nitrogens with one attached hydrogen (secondary N) is 1. The van der Waals surface area contributed by atoms with Crippen molar-refractivity contribution in [2.24, 2.45) is 0 Å². The number of aryl methyl sites for hydroxylation is 1. The molecule has 1 amide bonds. The number of carbonyl (C=O) groups excluding carboxylic acids is 1. The molecule has 23 heavy (non-hydrogen) atoms. The van der Waals surface area contributed by atoms with Crippen LogP contribution in [0.1, 0.15) is 47.2 Å². The van der Waals surface area contributed by atoms with Crippen molar-refractivity contribution in [3.05, 3.63) is 65.2 Å². The normalized spacial score (nSPS) is 15.8. The van der Waals surface area contributed by atoms with E-state index in [4.69, 9.17) is 0 Å². The van der Waals surface area contributed by atoms with Gasteiger partial charge < -0.3 is 5.32 Å². The molecule has 0 spiro atoms. The number of nitriles is 1. The second-order valence-corrected chi connectivity index (χ2v) is 6.30. The maximum Gasteiger partial charge on any atom is 0.255 e. The topological polar surface area (TPSA) is 52.9 Å². The third-order valence-corrected chi connectivity index (χ3v) is 4.65. The fourth-order valence-corrected chi connectivity index (χ4v) is 3.31. The average Bonchev–Trinajstić information content (AvgIpc) is 3.06. The lowest BCUT2D eigenvalue weighted by Gasteiger charge is -2.21. The summed E-state index contributed by atoms with van der Waals surface area (Å²) in [6.07, 6.45) is 4.08. The van der Waals surface area contributed by atoms with Crippen molar-refractivity contribution in [2.75, 3.05) is 5.32 Å². The van der Waals surface area contributed by atoms with Crippen LogP contribution in [0, 0.1) is 18.3 Å². The summed E-state index contributed by atoms with van der Waals surface area (Å²) >= 11 is 0. The first-order chi connectivity index (χ1) is 11.1. The lowest BCUT2D eigenvalue weighted by atomic mass is 9.80. The summed E-state index contributed by atoms with van der Waals surface area (Å²) in [5.74, 6) is -0.114. The van der Waals surface area contributed by atoms with E-state index < -0.39 is 0 Å². The summed E-state index contributed by atoms with van der Waals surface area (Å²) in [5, 5.41) is 12.5. The number of nitrogens with zero attached hydrogens (tertiary/aromatic N) is 1. The highest BCUT2D eigenvalue weighted by molar-refractivity contribution is 6.04. The van der Waals surface area contributed by atoms with Crippen LogP contribution in [-0.2, 0) is 5.41 Å². The molecule has 0 atom stereocenters. The van der Waals surface area contributed by atoms with E-state index in [-0.39, 0.29) is 11.3 Å². The highest BCUT2D eigenvalue weighted by atomic mass is 16.1. The molecule has 1 N–H and O–H groups in total. The van der Waals surface area contributed by atoms with Crippen LogP contribution in [-0.4, -0.2) is 5.91 Å². The average molecular weight is 304 g/mol. The Labute approximate surface area is 137 Å². The highest BCUT2D eigenvalue weighted by Gasteiger charge is 2.35. The van der Waals surface area contributed by atoms with Crippen molar-refractivity contribution in [2.45, 2.75) is 38.0 Å². The van der Waals surface area contributed by atoms with Gasteiger partial charge in [-0.25, -0.2) is 0 Å². The van der Waals surface area contributed by atoms with E-state index in [1.165, 1.54) is 0 Å². The summed E-state index contributed by atoms with van der Waals surface area (Å²) < 4.78 is 0.